The summed E-state index contributed by atoms with van der Waals surface area (Å²) in [7, 11) is 0. The maximum Gasteiger partial charge on any atom is 0.419 e. The molecule has 2 rings (SSSR count). The summed E-state index contributed by atoms with van der Waals surface area (Å²) >= 11 is 0. The van der Waals surface area contributed by atoms with Gasteiger partial charge in [0.15, 0.2) is 0 Å². The fraction of sp³-hybridized carbons (Fsp3) is 0.214. The van der Waals surface area contributed by atoms with E-state index in [1.165, 1.54) is 12.3 Å². The Morgan fingerprint density at radius 2 is 1.95 bits per heavy atom. The molecule has 1 aromatic heterocycles. The summed E-state index contributed by atoms with van der Waals surface area (Å²) in [6.07, 6.45) is -1.59. The number of hydrazine groups is 1. The van der Waals surface area contributed by atoms with Gasteiger partial charge in [-0.3, -0.25) is 10.8 Å². The van der Waals surface area contributed by atoms with Crippen molar-refractivity contribution in [2.75, 3.05) is 0 Å². The molecule has 0 bridgehead atoms. The molecule has 1 atom stereocenters. The van der Waals surface area contributed by atoms with Crippen LogP contribution in [0.5, 0.6) is 0 Å². The second-order valence-corrected chi connectivity index (χ2v) is 4.57. The molecule has 3 N–H and O–H groups in total. The lowest BCUT2D eigenvalue weighted by Crippen LogP contribution is -2.29. The van der Waals surface area contributed by atoms with E-state index >= 15 is 0 Å². The fourth-order valence-corrected chi connectivity index (χ4v) is 2.11. The van der Waals surface area contributed by atoms with Crippen molar-refractivity contribution in [2.24, 2.45) is 5.84 Å². The van der Waals surface area contributed by atoms with Crippen molar-refractivity contribution in [2.45, 2.75) is 19.1 Å². The Morgan fingerprint density at radius 3 is 2.48 bits per heavy atom. The number of alkyl halides is 3. The van der Waals surface area contributed by atoms with Crippen LogP contribution in [0.2, 0.25) is 0 Å². The smallest absolute Gasteiger partial charge is 0.271 e. The summed E-state index contributed by atoms with van der Waals surface area (Å²) in [4.78, 5) is 3.93. The number of nitrogens with one attached hydrogen (secondary N) is 1. The molecule has 0 saturated carbocycles. The van der Waals surface area contributed by atoms with Crippen LogP contribution < -0.4 is 11.3 Å². The van der Waals surface area contributed by atoms with E-state index in [0.717, 1.165) is 11.6 Å². The molecule has 0 spiro atoms. The number of halogens is 4. The van der Waals surface area contributed by atoms with Crippen molar-refractivity contribution in [1.29, 1.82) is 0 Å². The van der Waals surface area contributed by atoms with Gasteiger partial charge in [-0.15, -0.1) is 0 Å². The molecule has 0 fully saturated rings. The van der Waals surface area contributed by atoms with Gasteiger partial charge in [0.1, 0.15) is 5.82 Å². The topological polar surface area (TPSA) is 50.9 Å². The number of nitrogens with two attached hydrogens (primary N) is 1. The zero-order chi connectivity index (χ0) is 15.6. The second-order valence-electron chi connectivity index (χ2n) is 4.57. The van der Waals surface area contributed by atoms with Gasteiger partial charge in [-0.1, -0.05) is 6.07 Å². The highest BCUT2D eigenvalue weighted by Gasteiger charge is 2.34. The first-order valence-corrected chi connectivity index (χ1v) is 6.08. The SMILES string of the molecule is Cc1cnccc1C(NN)c1ccc(C(F)(F)F)c(F)c1. The lowest BCUT2D eigenvalue weighted by Gasteiger charge is -2.19. The summed E-state index contributed by atoms with van der Waals surface area (Å²) in [5.74, 6) is 4.14. The van der Waals surface area contributed by atoms with E-state index in [1.54, 1.807) is 19.2 Å². The van der Waals surface area contributed by atoms with Gasteiger partial charge in [0, 0.05) is 12.4 Å². The zero-order valence-corrected chi connectivity index (χ0v) is 11.1. The van der Waals surface area contributed by atoms with Crippen molar-refractivity contribution >= 4 is 0 Å². The van der Waals surface area contributed by atoms with Crippen molar-refractivity contribution in [3.8, 4) is 0 Å². The Morgan fingerprint density at radius 1 is 1.24 bits per heavy atom. The van der Waals surface area contributed by atoms with Gasteiger partial charge in [-0.05, 0) is 41.8 Å². The van der Waals surface area contributed by atoms with Gasteiger partial charge >= 0.3 is 6.18 Å². The van der Waals surface area contributed by atoms with Crippen LogP contribution in [0.3, 0.4) is 0 Å². The molecule has 3 nitrogen and oxygen atoms in total. The van der Waals surface area contributed by atoms with Crippen molar-refractivity contribution in [3.63, 3.8) is 0 Å². The summed E-state index contributed by atoms with van der Waals surface area (Å²) in [5.41, 5.74) is 3.00. The van der Waals surface area contributed by atoms with Gasteiger partial charge in [-0.25, -0.2) is 9.82 Å². The molecule has 0 aliphatic heterocycles. The van der Waals surface area contributed by atoms with Crippen LogP contribution in [-0.4, -0.2) is 4.98 Å². The van der Waals surface area contributed by atoms with Crippen LogP contribution in [0.1, 0.15) is 28.3 Å². The molecular weight excluding hydrogens is 286 g/mol. The van der Waals surface area contributed by atoms with Crippen LogP contribution >= 0.6 is 0 Å². The van der Waals surface area contributed by atoms with Gasteiger partial charge in [0.25, 0.3) is 0 Å². The van der Waals surface area contributed by atoms with E-state index in [2.05, 4.69) is 10.4 Å². The number of hydrogen-bond acceptors (Lipinski definition) is 3. The molecule has 21 heavy (non-hydrogen) atoms. The predicted molar refractivity (Wildman–Crippen MR) is 69.5 cm³/mol. The lowest BCUT2D eigenvalue weighted by molar-refractivity contribution is -0.140. The maximum atomic E-state index is 13.7. The number of aromatic nitrogens is 1. The van der Waals surface area contributed by atoms with Gasteiger partial charge in [0.05, 0.1) is 11.6 Å². The Bertz CT molecular complexity index is 640. The molecule has 7 heteroatoms. The van der Waals surface area contributed by atoms with Crippen LogP contribution in [0.25, 0.3) is 0 Å². The van der Waals surface area contributed by atoms with Crippen LogP contribution in [0.4, 0.5) is 17.6 Å². The van der Waals surface area contributed by atoms with Gasteiger partial charge in [-0.2, -0.15) is 13.2 Å². The van der Waals surface area contributed by atoms with Gasteiger partial charge < -0.3 is 0 Å². The largest absolute Gasteiger partial charge is 0.419 e. The van der Waals surface area contributed by atoms with Crippen LogP contribution in [0, 0.1) is 12.7 Å². The van der Waals surface area contributed by atoms with E-state index in [9.17, 15) is 17.6 Å². The summed E-state index contributed by atoms with van der Waals surface area (Å²) in [6.45, 7) is 1.78. The minimum Gasteiger partial charge on any atom is -0.271 e. The highest BCUT2D eigenvalue weighted by molar-refractivity contribution is 5.37. The summed E-state index contributed by atoms with van der Waals surface area (Å²) in [6, 6.07) is 3.81. The number of aryl methyl sites for hydroxylation is 1. The number of pyridine rings is 1. The number of hydrogen-bond donors (Lipinski definition) is 2. The maximum absolute atomic E-state index is 13.7. The molecule has 0 aliphatic rings. The molecule has 112 valence electrons. The summed E-state index contributed by atoms with van der Waals surface area (Å²) < 4.78 is 51.3. The monoisotopic (exact) mass is 299 g/mol. The third-order valence-corrected chi connectivity index (χ3v) is 3.17. The fourth-order valence-electron chi connectivity index (χ4n) is 2.11. The Kier molecular flexibility index (Phi) is 4.24. The van der Waals surface area contributed by atoms with E-state index in [-0.39, 0.29) is 0 Å². The minimum atomic E-state index is -4.72. The Balaban J connectivity index is 2.45. The average molecular weight is 299 g/mol. The van der Waals surface area contributed by atoms with E-state index < -0.39 is 23.6 Å². The molecule has 1 heterocycles. The Hall–Kier alpha value is -1.99. The number of rotatable bonds is 3. The average Bonchev–Trinajstić information content (AvgIpc) is 2.40. The molecule has 0 saturated heterocycles. The molecule has 2 aromatic rings. The van der Waals surface area contributed by atoms with Gasteiger partial charge in [0.2, 0.25) is 0 Å². The lowest BCUT2D eigenvalue weighted by atomic mass is 9.96. The standard InChI is InChI=1S/C14H13F4N3/c1-8-7-20-5-4-10(8)13(21-19)9-2-3-11(12(15)6-9)14(16,17)18/h2-7,13,21H,19H2,1H3. The van der Waals surface area contributed by atoms with E-state index in [0.29, 0.717) is 17.2 Å². The van der Waals surface area contributed by atoms with Crippen molar-refractivity contribution in [1.82, 2.24) is 10.4 Å². The quantitative estimate of drug-likeness (QED) is 0.520. The first-order chi connectivity index (χ1) is 9.84. The highest BCUT2D eigenvalue weighted by Crippen LogP contribution is 2.33. The molecule has 0 amide bonds. The van der Waals surface area contributed by atoms with E-state index in [4.69, 9.17) is 5.84 Å². The molecule has 0 radical (unpaired) electrons. The van der Waals surface area contributed by atoms with E-state index in [1.807, 2.05) is 0 Å². The number of nitrogens with zero attached hydrogens (tertiary/aromatic N) is 1. The molecule has 1 unspecified atom stereocenters. The first kappa shape index (κ1) is 15.4. The second kappa shape index (κ2) is 5.79. The zero-order valence-electron chi connectivity index (χ0n) is 11.1. The molecule has 1 aromatic carbocycles. The van der Waals surface area contributed by atoms with Crippen LogP contribution in [-0.2, 0) is 6.18 Å². The Labute approximate surface area is 118 Å². The predicted octanol–water partition coefficient (Wildman–Crippen LogP) is 3.10. The molecule has 0 aliphatic carbocycles. The third kappa shape index (κ3) is 3.20. The highest BCUT2D eigenvalue weighted by atomic mass is 19.4. The third-order valence-electron chi connectivity index (χ3n) is 3.17. The van der Waals surface area contributed by atoms with Crippen molar-refractivity contribution < 1.29 is 17.6 Å². The number of benzene rings is 1. The summed E-state index contributed by atoms with van der Waals surface area (Å²) in [5, 5.41) is 0. The van der Waals surface area contributed by atoms with Crippen LogP contribution in [0.15, 0.2) is 36.7 Å². The minimum absolute atomic E-state index is 0.303. The molecular formula is C14H13F4N3. The van der Waals surface area contributed by atoms with Crippen molar-refractivity contribution in [3.05, 3.63) is 64.7 Å². The normalized spacial score (nSPS) is 13.2. The first-order valence-electron chi connectivity index (χ1n) is 6.08.